The molecule has 0 bridgehead atoms. The van der Waals surface area contributed by atoms with E-state index >= 15 is 0 Å². The van der Waals surface area contributed by atoms with Crippen LogP contribution in [0.3, 0.4) is 0 Å². The van der Waals surface area contributed by atoms with Crippen molar-refractivity contribution in [3.05, 3.63) is 29.8 Å². The van der Waals surface area contributed by atoms with E-state index < -0.39 is 0 Å². The molecule has 0 saturated carbocycles. The molecule has 6 heteroatoms. The van der Waals surface area contributed by atoms with Crippen molar-refractivity contribution in [2.75, 3.05) is 46.9 Å². The van der Waals surface area contributed by atoms with Crippen molar-refractivity contribution in [1.29, 1.82) is 0 Å². The number of hydrogen-bond donors (Lipinski definition) is 1. The molecular formula is C21H33N3O3. The Kier molecular flexibility index (Phi) is 8.58. The van der Waals surface area contributed by atoms with Crippen molar-refractivity contribution < 1.29 is 14.3 Å². The zero-order chi connectivity index (χ0) is 19.6. The maximum atomic E-state index is 12.7. The molecule has 1 fully saturated rings. The lowest BCUT2D eigenvalue weighted by Crippen LogP contribution is -2.41. The highest BCUT2D eigenvalue weighted by Crippen LogP contribution is 2.18. The minimum atomic E-state index is -0.0945. The van der Waals surface area contributed by atoms with Gasteiger partial charge in [0.25, 0.3) is 0 Å². The third-order valence-electron chi connectivity index (χ3n) is 5.21. The first-order valence-electron chi connectivity index (χ1n) is 9.81. The lowest BCUT2D eigenvalue weighted by atomic mass is 9.96. The predicted octanol–water partition coefficient (Wildman–Crippen LogP) is 1.93. The van der Waals surface area contributed by atoms with Crippen molar-refractivity contribution in [2.45, 2.75) is 32.6 Å². The van der Waals surface area contributed by atoms with Crippen LogP contribution in [-0.4, -0.2) is 68.5 Å². The number of piperidine rings is 1. The van der Waals surface area contributed by atoms with Gasteiger partial charge >= 0.3 is 0 Å². The van der Waals surface area contributed by atoms with Gasteiger partial charge in [0.2, 0.25) is 11.8 Å². The molecule has 150 valence electrons. The maximum absolute atomic E-state index is 12.7. The van der Waals surface area contributed by atoms with Crippen LogP contribution in [0.4, 0.5) is 0 Å². The highest BCUT2D eigenvalue weighted by molar-refractivity contribution is 5.78. The van der Waals surface area contributed by atoms with E-state index in [1.807, 2.05) is 29.2 Å². The summed E-state index contributed by atoms with van der Waals surface area (Å²) in [6.07, 6.45) is 3.44. The Morgan fingerprint density at radius 2 is 1.89 bits per heavy atom. The summed E-state index contributed by atoms with van der Waals surface area (Å²) in [5, 5.41) is 2.72. The summed E-state index contributed by atoms with van der Waals surface area (Å²) in [5.74, 6) is 1.43. The summed E-state index contributed by atoms with van der Waals surface area (Å²) in [4.78, 5) is 28.1. The molecule has 2 rings (SSSR count). The van der Waals surface area contributed by atoms with E-state index in [0.717, 1.165) is 44.6 Å². The molecule has 27 heavy (non-hydrogen) atoms. The van der Waals surface area contributed by atoms with E-state index in [4.69, 9.17) is 4.74 Å². The molecule has 0 radical (unpaired) electrons. The monoisotopic (exact) mass is 375 g/mol. The van der Waals surface area contributed by atoms with Gasteiger partial charge < -0.3 is 19.9 Å². The lowest BCUT2D eigenvalue weighted by Gasteiger charge is -2.33. The average molecular weight is 376 g/mol. The fourth-order valence-corrected chi connectivity index (χ4v) is 3.43. The lowest BCUT2D eigenvalue weighted by molar-refractivity contribution is -0.132. The molecule has 6 nitrogen and oxygen atoms in total. The first kappa shape index (κ1) is 21.2. The molecule has 1 aromatic carbocycles. The molecule has 1 N–H and O–H groups in total. The molecule has 0 aromatic heterocycles. The molecule has 2 amide bonds. The Bertz CT molecular complexity index is 595. The first-order valence-corrected chi connectivity index (χ1v) is 9.81. The number of nitrogens with zero attached hydrogens (tertiary/aromatic N) is 2. The normalized spacial score (nSPS) is 15.4. The Morgan fingerprint density at radius 3 is 2.48 bits per heavy atom. The highest BCUT2D eigenvalue weighted by Gasteiger charge is 2.22. The van der Waals surface area contributed by atoms with E-state index in [9.17, 15) is 9.59 Å². The van der Waals surface area contributed by atoms with Crippen molar-refractivity contribution in [2.24, 2.45) is 5.92 Å². The quantitative estimate of drug-likeness (QED) is 0.716. The first-order chi connectivity index (χ1) is 13.0. The minimum Gasteiger partial charge on any atom is -0.497 e. The molecular weight excluding hydrogens is 342 g/mol. The molecule has 0 spiro atoms. The maximum Gasteiger partial charge on any atom is 0.224 e. The molecule has 1 heterocycles. The van der Waals surface area contributed by atoms with Gasteiger partial charge in [0, 0.05) is 33.0 Å². The Labute approximate surface area is 162 Å². The van der Waals surface area contributed by atoms with E-state index in [-0.39, 0.29) is 11.8 Å². The topological polar surface area (TPSA) is 61.9 Å². The number of nitrogens with one attached hydrogen (secondary N) is 1. The van der Waals surface area contributed by atoms with Crippen LogP contribution in [0.1, 0.15) is 31.7 Å². The number of amides is 2. The van der Waals surface area contributed by atoms with Crippen LogP contribution >= 0.6 is 0 Å². The number of hydrogen-bond acceptors (Lipinski definition) is 4. The summed E-state index contributed by atoms with van der Waals surface area (Å²) >= 11 is 0. The molecule has 1 aliphatic heterocycles. The van der Waals surface area contributed by atoms with Gasteiger partial charge in [-0.2, -0.15) is 0 Å². The van der Waals surface area contributed by atoms with Crippen LogP contribution < -0.4 is 10.1 Å². The van der Waals surface area contributed by atoms with Gasteiger partial charge in [-0.15, -0.1) is 0 Å². The second-order valence-corrected chi connectivity index (χ2v) is 7.42. The Balaban J connectivity index is 1.92. The summed E-state index contributed by atoms with van der Waals surface area (Å²) in [6, 6.07) is 8.01. The third-order valence-corrected chi connectivity index (χ3v) is 5.21. The Hall–Kier alpha value is -2.08. The van der Waals surface area contributed by atoms with Gasteiger partial charge in [-0.1, -0.05) is 12.1 Å². The van der Waals surface area contributed by atoms with Gasteiger partial charge in [0.05, 0.1) is 7.11 Å². The number of methoxy groups -OCH3 is 1. The molecule has 0 unspecified atom stereocenters. The Morgan fingerprint density at radius 1 is 1.22 bits per heavy atom. The van der Waals surface area contributed by atoms with Crippen LogP contribution in [0.2, 0.25) is 0 Å². The van der Waals surface area contributed by atoms with E-state index in [1.165, 1.54) is 12.5 Å². The SMILES string of the molecule is COc1ccc(CCN(CC2CCN(C)CC2)C(=O)CCNC(C)=O)cc1. The summed E-state index contributed by atoms with van der Waals surface area (Å²) in [5.41, 5.74) is 1.19. The number of rotatable bonds is 9. The van der Waals surface area contributed by atoms with Crippen molar-refractivity contribution in [3.63, 3.8) is 0 Å². The van der Waals surface area contributed by atoms with Crippen LogP contribution in [-0.2, 0) is 16.0 Å². The summed E-state index contributed by atoms with van der Waals surface area (Å²) in [7, 11) is 3.81. The number of carbonyl (C=O) groups is 2. The fourth-order valence-electron chi connectivity index (χ4n) is 3.43. The smallest absolute Gasteiger partial charge is 0.224 e. The zero-order valence-corrected chi connectivity index (χ0v) is 16.9. The van der Waals surface area contributed by atoms with E-state index in [1.54, 1.807) is 7.11 Å². The van der Waals surface area contributed by atoms with Crippen LogP contribution in [0, 0.1) is 5.92 Å². The van der Waals surface area contributed by atoms with Crippen LogP contribution in [0.15, 0.2) is 24.3 Å². The second kappa shape index (κ2) is 10.9. The number of likely N-dealkylation sites (tertiary alicyclic amines) is 1. The zero-order valence-electron chi connectivity index (χ0n) is 16.9. The van der Waals surface area contributed by atoms with Crippen LogP contribution in [0.25, 0.3) is 0 Å². The minimum absolute atomic E-state index is 0.0945. The van der Waals surface area contributed by atoms with E-state index in [0.29, 0.717) is 25.4 Å². The van der Waals surface area contributed by atoms with Gasteiger partial charge in [0.1, 0.15) is 5.75 Å². The third kappa shape index (κ3) is 7.59. The van der Waals surface area contributed by atoms with Crippen molar-refractivity contribution in [3.8, 4) is 5.75 Å². The number of ether oxygens (including phenoxy) is 1. The van der Waals surface area contributed by atoms with Gasteiger partial charge in [0.15, 0.2) is 0 Å². The van der Waals surface area contributed by atoms with E-state index in [2.05, 4.69) is 17.3 Å². The fraction of sp³-hybridized carbons (Fsp3) is 0.619. The summed E-state index contributed by atoms with van der Waals surface area (Å²) in [6.45, 7) is 5.58. The van der Waals surface area contributed by atoms with Gasteiger partial charge in [-0.3, -0.25) is 9.59 Å². The summed E-state index contributed by atoms with van der Waals surface area (Å²) < 4.78 is 5.20. The molecule has 1 aromatic rings. The largest absolute Gasteiger partial charge is 0.497 e. The second-order valence-electron chi connectivity index (χ2n) is 7.42. The van der Waals surface area contributed by atoms with Gasteiger partial charge in [-0.05, 0) is 63.0 Å². The molecule has 0 aliphatic carbocycles. The predicted molar refractivity (Wildman–Crippen MR) is 107 cm³/mol. The average Bonchev–Trinajstić information content (AvgIpc) is 2.66. The van der Waals surface area contributed by atoms with Gasteiger partial charge in [-0.25, -0.2) is 0 Å². The van der Waals surface area contributed by atoms with Crippen LogP contribution in [0.5, 0.6) is 5.75 Å². The molecule has 1 saturated heterocycles. The number of benzene rings is 1. The highest BCUT2D eigenvalue weighted by atomic mass is 16.5. The standard InChI is InChI=1S/C21H33N3O3/c1-17(25)22-12-8-21(26)24(16-19-9-13-23(2)14-10-19)15-11-18-4-6-20(27-3)7-5-18/h4-7,19H,8-16H2,1-3H3,(H,22,25). The number of carbonyl (C=O) groups excluding carboxylic acids is 2. The molecule has 1 aliphatic rings. The van der Waals surface area contributed by atoms with Crippen molar-refractivity contribution in [1.82, 2.24) is 15.1 Å². The molecule has 0 atom stereocenters. The van der Waals surface area contributed by atoms with Crippen molar-refractivity contribution >= 4 is 11.8 Å².